The number of benzene rings is 2. The molecule has 0 aromatic heterocycles. The Bertz CT molecular complexity index is 558. The Kier molecular flexibility index (Phi) is 4.85. The van der Waals surface area contributed by atoms with Gasteiger partial charge < -0.3 is 15.6 Å². The molecule has 0 unspecified atom stereocenters. The number of hydrogen-bond acceptors (Lipinski definition) is 4. The maximum Gasteiger partial charge on any atom is 0.133 e. The molecule has 0 radical (unpaired) electrons. The summed E-state index contributed by atoms with van der Waals surface area (Å²) < 4.78 is 5.88. The summed E-state index contributed by atoms with van der Waals surface area (Å²) in [5, 5.41) is 9.13. The van der Waals surface area contributed by atoms with Crippen molar-refractivity contribution in [3.05, 3.63) is 53.6 Å². The second-order valence-corrected chi connectivity index (χ2v) is 4.90. The molecule has 3 nitrogen and oxygen atoms in total. The zero-order valence-electron chi connectivity index (χ0n) is 10.8. The summed E-state index contributed by atoms with van der Waals surface area (Å²) in [5.74, 6) is 1.48. The Morgan fingerprint density at radius 3 is 2.68 bits per heavy atom. The molecular formula is C15H17NO2S. The van der Waals surface area contributed by atoms with E-state index < -0.39 is 0 Å². The highest BCUT2D eigenvalue weighted by atomic mass is 32.2. The molecule has 2 aromatic rings. The highest BCUT2D eigenvalue weighted by Gasteiger charge is 2.08. The summed E-state index contributed by atoms with van der Waals surface area (Å²) in [6.07, 6.45) is 2.02. The fraction of sp³-hybridized carbons (Fsp3) is 0.200. The Labute approximate surface area is 117 Å². The van der Waals surface area contributed by atoms with Gasteiger partial charge in [-0.25, -0.2) is 0 Å². The normalized spacial score (nSPS) is 10.5. The van der Waals surface area contributed by atoms with Crippen molar-refractivity contribution in [3.63, 3.8) is 0 Å². The molecule has 0 heterocycles. The van der Waals surface area contributed by atoms with Crippen molar-refractivity contribution < 1.29 is 9.84 Å². The van der Waals surface area contributed by atoms with Gasteiger partial charge in [0, 0.05) is 17.0 Å². The fourth-order valence-electron chi connectivity index (χ4n) is 1.87. The van der Waals surface area contributed by atoms with Gasteiger partial charge in [0.25, 0.3) is 0 Å². The number of hydrogen-bond donors (Lipinski definition) is 2. The molecule has 2 rings (SSSR count). The molecule has 19 heavy (non-hydrogen) atoms. The summed E-state index contributed by atoms with van der Waals surface area (Å²) in [7, 11) is 0. The van der Waals surface area contributed by atoms with E-state index in [4.69, 9.17) is 15.6 Å². The van der Waals surface area contributed by atoms with Crippen molar-refractivity contribution in [2.75, 3.05) is 6.26 Å². The van der Waals surface area contributed by atoms with Crippen LogP contribution in [0.15, 0.2) is 47.4 Å². The van der Waals surface area contributed by atoms with E-state index in [1.54, 1.807) is 11.8 Å². The molecule has 0 atom stereocenters. The van der Waals surface area contributed by atoms with Crippen molar-refractivity contribution in [1.82, 2.24) is 0 Å². The molecule has 0 bridgehead atoms. The third-order valence-corrected chi connectivity index (χ3v) is 3.65. The molecule has 2 aromatic carbocycles. The van der Waals surface area contributed by atoms with E-state index in [1.165, 1.54) is 0 Å². The fourth-order valence-corrected chi connectivity index (χ4v) is 2.51. The standard InChI is InChI=1S/C15H17NO2S/c1-19-15-7-3-6-14(13(15)9-16)18-12-5-2-4-11(8-12)10-17/h2-8,17H,9-10,16H2,1H3. The number of rotatable bonds is 5. The zero-order valence-corrected chi connectivity index (χ0v) is 11.6. The lowest BCUT2D eigenvalue weighted by Crippen LogP contribution is -2.01. The molecule has 0 aliphatic rings. The Morgan fingerprint density at radius 1 is 1.21 bits per heavy atom. The van der Waals surface area contributed by atoms with Crippen molar-refractivity contribution >= 4 is 11.8 Å². The molecule has 0 fully saturated rings. The number of thioether (sulfide) groups is 1. The van der Waals surface area contributed by atoms with Crippen LogP contribution in [0, 0.1) is 0 Å². The molecule has 0 amide bonds. The van der Waals surface area contributed by atoms with Gasteiger partial charge in [-0.15, -0.1) is 11.8 Å². The molecule has 0 saturated carbocycles. The van der Waals surface area contributed by atoms with Gasteiger partial charge in [0.2, 0.25) is 0 Å². The first-order chi connectivity index (χ1) is 9.28. The van der Waals surface area contributed by atoms with E-state index in [0.29, 0.717) is 12.3 Å². The maximum absolute atomic E-state index is 9.13. The van der Waals surface area contributed by atoms with Crippen LogP contribution in [0.1, 0.15) is 11.1 Å². The number of aliphatic hydroxyl groups excluding tert-OH is 1. The molecule has 0 aliphatic heterocycles. The Hall–Kier alpha value is -1.49. The third kappa shape index (κ3) is 3.29. The van der Waals surface area contributed by atoms with Gasteiger partial charge in [0.15, 0.2) is 0 Å². The van der Waals surface area contributed by atoms with Gasteiger partial charge in [-0.2, -0.15) is 0 Å². The van der Waals surface area contributed by atoms with Crippen LogP contribution in [0.3, 0.4) is 0 Å². The number of aliphatic hydroxyl groups is 1. The Morgan fingerprint density at radius 2 is 2.00 bits per heavy atom. The van der Waals surface area contributed by atoms with Gasteiger partial charge in [0.1, 0.15) is 11.5 Å². The minimum atomic E-state index is 0.00575. The van der Waals surface area contributed by atoms with Crippen LogP contribution in [0.2, 0.25) is 0 Å². The first kappa shape index (κ1) is 13.9. The summed E-state index contributed by atoms with van der Waals surface area (Å²) in [6.45, 7) is 0.442. The molecule has 100 valence electrons. The van der Waals surface area contributed by atoms with Crippen LogP contribution < -0.4 is 10.5 Å². The largest absolute Gasteiger partial charge is 0.457 e. The van der Waals surface area contributed by atoms with E-state index in [1.807, 2.05) is 48.7 Å². The number of nitrogens with two attached hydrogens (primary N) is 1. The van der Waals surface area contributed by atoms with Gasteiger partial charge >= 0.3 is 0 Å². The summed E-state index contributed by atoms with van der Waals surface area (Å²) in [6, 6.07) is 13.3. The summed E-state index contributed by atoms with van der Waals surface area (Å²) >= 11 is 1.65. The van der Waals surface area contributed by atoms with Crippen LogP contribution in [-0.4, -0.2) is 11.4 Å². The second kappa shape index (κ2) is 6.61. The van der Waals surface area contributed by atoms with Crippen LogP contribution in [0.25, 0.3) is 0 Å². The van der Waals surface area contributed by atoms with Crippen molar-refractivity contribution in [2.24, 2.45) is 5.73 Å². The zero-order chi connectivity index (χ0) is 13.7. The lowest BCUT2D eigenvalue weighted by atomic mass is 10.2. The van der Waals surface area contributed by atoms with Crippen LogP contribution in [0.5, 0.6) is 11.5 Å². The first-order valence-corrected chi connectivity index (χ1v) is 7.24. The van der Waals surface area contributed by atoms with Crippen LogP contribution in [0.4, 0.5) is 0 Å². The van der Waals surface area contributed by atoms with Gasteiger partial charge in [-0.3, -0.25) is 0 Å². The lowest BCUT2D eigenvalue weighted by Gasteiger charge is -2.13. The smallest absolute Gasteiger partial charge is 0.133 e. The lowest BCUT2D eigenvalue weighted by molar-refractivity contribution is 0.281. The monoisotopic (exact) mass is 275 g/mol. The van der Waals surface area contributed by atoms with Crippen LogP contribution in [-0.2, 0) is 13.2 Å². The van der Waals surface area contributed by atoms with E-state index in [0.717, 1.165) is 21.8 Å². The van der Waals surface area contributed by atoms with Crippen molar-refractivity contribution in [1.29, 1.82) is 0 Å². The highest BCUT2D eigenvalue weighted by Crippen LogP contribution is 2.31. The quantitative estimate of drug-likeness (QED) is 0.823. The van der Waals surface area contributed by atoms with E-state index >= 15 is 0 Å². The van der Waals surface area contributed by atoms with Crippen molar-refractivity contribution in [2.45, 2.75) is 18.0 Å². The maximum atomic E-state index is 9.13. The van der Waals surface area contributed by atoms with Gasteiger partial charge in [-0.1, -0.05) is 18.2 Å². The average Bonchev–Trinajstić information content (AvgIpc) is 2.47. The Balaban J connectivity index is 2.32. The third-order valence-electron chi connectivity index (χ3n) is 2.82. The van der Waals surface area contributed by atoms with E-state index in [2.05, 4.69) is 0 Å². The summed E-state index contributed by atoms with van der Waals surface area (Å²) in [5.41, 5.74) is 7.63. The average molecular weight is 275 g/mol. The predicted molar refractivity (Wildman–Crippen MR) is 78.6 cm³/mol. The molecule has 3 N–H and O–H groups in total. The minimum absolute atomic E-state index is 0.00575. The molecule has 0 spiro atoms. The molecule has 0 aliphatic carbocycles. The van der Waals surface area contributed by atoms with Crippen LogP contribution >= 0.6 is 11.8 Å². The molecule has 4 heteroatoms. The topological polar surface area (TPSA) is 55.5 Å². The summed E-state index contributed by atoms with van der Waals surface area (Å²) in [4.78, 5) is 1.12. The van der Waals surface area contributed by atoms with E-state index in [-0.39, 0.29) is 6.61 Å². The van der Waals surface area contributed by atoms with Gasteiger partial charge in [-0.05, 0) is 36.1 Å². The van der Waals surface area contributed by atoms with Gasteiger partial charge in [0.05, 0.1) is 6.61 Å². The van der Waals surface area contributed by atoms with Crippen molar-refractivity contribution in [3.8, 4) is 11.5 Å². The minimum Gasteiger partial charge on any atom is -0.457 e. The second-order valence-electron chi connectivity index (χ2n) is 4.05. The highest BCUT2D eigenvalue weighted by molar-refractivity contribution is 7.98. The molecular weight excluding hydrogens is 258 g/mol. The van der Waals surface area contributed by atoms with E-state index in [9.17, 15) is 0 Å². The first-order valence-electron chi connectivity index (χ1n) is 6.02. The SMILES string of the molecule is CSc1cccc(Oc2cccc(CO)c2)c1CN. The predicted octanol–water partition coefficient (Wildman–Crippen LogP) is 3.15. The molecule has 0 saturated heterocycles. The number of ether oxygens (including phenoxy) is 1.